The van der Waals surface area contributed by atoms with E-state index in [4.69, 9.17) is 11.6 Å². The van der Waals surface area contributed by atoms with Crippen LogP contribution in [0, 0.1) is 20.8 Å². The van der Waals surface area contributed by atoms with Crippen molar-refractivity contribution in [2.45, 2.75) is 175 Å². The summed E-state index contributed by atoms with van der Waals surface area (Å²) in [5, 5.41) is 3.45. The molecule has 0 N–H and O–H groups in total. The minimum atomic E-state index is 0.0552. The molecule has 0 unspecified atom stereocenters. The number of hydrogen-bond donors (Lipinski definition) is 0. The molecular formula is C63H73ClN2S. The number of rotatable bonds is 6. The van der Waals surface area contributed by atoms with Gasteiger partial charge in [0.05, 0.1) is 0 Å². The average Bonchev–Trinajstić information content (AvgIpc) is 3.61. The van der Waals surface area contributed by atoms with Gasteiger partial charge in [0.25, 0.3) is 0 Å². The molecule has 1 heterocycles. The fraction of sp³-hybridized carbons (Fsp3) is 0.429. The molecule has 1 aromatic heterocycles. The molecule has 0 radical (unpaired) electrons. The molecule has 0 atom stereocenters. The lowest BCUT2D eigenvalue weighted by molar-refractivity contribution is 0.332. The van der Waals surface area contributed by atoms with E-state index >= 15 is 0 Å². The lowest BCUT2D eigenvalue weighted by Gasteiger charge is -2.43. The van der Waals surface area contributed by atoms with Crippen molar-refractivity contribution in [2.75, 3.05) is 9.80 Å². The highest BCUT2D eigenvalue weighted by Gasteiger charge is 2.41. The van der Waals surface area contributed by atoms with Gasteiger partial charge in [0.1, 0.15) is 0 Å². The number of anilines is 6. The summed E-state index contributed by atoms with van der Waals surface area (Å²) < 4.78 is 2.73. The topological polar surface area (TPSA) is 6.48 Å². The molecule has 4 heteroatoms. The quantitative estimate of drug-likeness (QED) is 0.164. The zero-order chi connectivity index (χ0) is 48.0. The summed E-state index contributed by atoms with van der Waals surface area (Å²) in [5.41, 5.74) is 20.3. The highest BCUT2D eigenvalue weighted by Crippen LogP contribution is 2.54. The Balaban J connectivity index is 1.23. The van der Waals surface area contributed by atoms with Crippen molar-refractivity contribution in [2.24, 2.45) is 0 Å². The molecular weight excluding hydrogens is 852 g/mol. The first-order valence-corrected chi connectivity index (χ1v) is 26.3. The number of nitrogens with zero attached hydrogens (tertiary/aromatic N) is 2. The molecule has 67 heavy (non-hydrogen) atoms. The van der Waals surface area contributed by atoms with Crippen molar-refractivity contribution in [1.29, 1.82) is 0 Å². The van der Waals surface area contributed by atoms with Gasteiger partial charge in [-0.05, 0) is 221 Å². The number of benzene rings is 6. The van der Waals surface area contributed by atoms with Crippen molar-refractivity contribution in [3.8, 4) is 0 Å². The molecule has 0 spiro atoms. The number of hydrogen-bond acceptors (Lipinski definition) is 3. The van der Waals surface area contributed by atoms with Crippen molar-refractivity contribution in [1.82, 2.24) is 0 Å². The first-order chi connectivity index (χ1) is 31.3. The largest absolute Gasteiger partial charge is 0.310 e. The third-order valence-corrected chi connectivity index (χ3v) is 18.5. The first-order valence-electron chi connectivity index (χ1n) is 25.1. The van der Waals surface area contributed by atoms with E-state index in [1.807, 2.05) is 17.4 Å². The second-order valence-corrected chi connectivity index (χ2v) is 26.5. The maximum Gasteiger partial charge on any atom is 0.0493 e. The molecule has 348 valence electrons. The normalized spacial score (nSPS) is 19.4. The Kier molecular flexibility index (Phi) is 10.7. The highest BCUT2D eigenvalue weighted by molar-refractivity contribution is 7.25. The van der Waals surface area contributed by atoms with Gasteiger partial charge in [-0.1, -0.05) is 113 Å². The predicted octanol–water partition coefficient (Wildman–Crippen LogP) is 19.6. The lowest BCUT2D eigenvalue weighted by atomic mass is 9.63. The third kappa shape index (κ3) is 7.74. The van der Waals surface area contributed by atoms with Crippen LogP contribution >= 0.6 is 22.9 Å². The van der Waals surface area contributed by atoms with Gasteiger partial charge in [0.15, 0.2) is 0 Å². The SMILES string of the molecule is Cc1cc(N(c2cccc(Cl)c2)c2cc3c(cc2C)C(C)(C)CCC3(C)C)cc(N(c2ccc3sc4cc5c(cc4c3c2)C(C)(C)CCC5(C)C)c2cc3c(cc2C)C(C)(C)CCC3(C)C)c1. The number of aryl methyl sites for hydroxylation is 3. The van der Waals surface area contributed by atoms with Gasteiger partial charge in [-0.25, -0.2) is 0 Å². The van der Waals surface area contributed by atoms with Crippen LogP contribution in [0.2, 0.25) is 5.02 Å². The van der Waals surface area contributed by atoms with E-state index in [-0.39, 0.29) is 32.5 Å². The second-order valence-electron chi connectivity index (χ2n) is 25.0. The Morgan fingerprint density at radius 3 is 1.25 bits per heavy atom. The van der Waals surface area contributed by atoms with E-state index in [2.05, 4.69) is 205 Å². The second kappa shape index (κ2) is 15.5. The Morgan fingerprint density at radius 1 is 0.388 bits per heavy atom. The molecule has 10 rings (SSSR count). The molecule has 0 saturated carbocycles. The van der Waals surface area contributed by atoms with E-state index in [1.165, 1.54) is 113 Å². The van der Waals surface area contributed by atoms with E-state index in [0.29, 0.717) is 0 Å². The highest BCUT2D eigenvalue weighted by atomic mass is 35.5. The van der Waals surface area contributed by atoms with Crippen molar-refractivity contribution < 1.29 is 0 Å². The van der Waals surface area contributed by atoms with Crippen LogP contribution in [0.15, 0.2) is 97.1 Å². The molecule has 0 saturated heterocycles. The van der Waals surface area contributed by atoms with Crippen LogP contribution in [0.1, 0.15) is 172 Å². The van der Waals surface area contributed by atoms with Gasteiger partial charge in [0.2, 0.25) is 0 Å². The summed E-state index contributed by atoms with van der Waals surface area (Å²) in [4.78, 5) is 5.06. The van der Waals surface area contributed by atoms with Crippen LogP contribution in [0.4, 0.5) is 34.1 Å². The molecule has 0 fully saturated rings. The summed E-state index contributed by atoms with van der Waals surface area (Å²) in [6.45, 7) is 36.2. The van der Waals surface area contributed by atoms with Gasteiger partial charge in [-0.3, -0.25) is 0 Å². The molecule has 0 bridgehead atoms. The fourth-order valence-corrected chi connectivity index (χ4v) is 13.6. The summed E-state index contributed by atoms with van der Waals surface area (Å²) in [7, 11) is 0. The number of fused-ring (bicyclic) bond motifs is 6. The lowest BCUT2D eigenvalue weighted by Crippen LogP contribution is -2.34. The average molecular weight is 926 g/mol. The van der Waals surface area contributed by atoms with Gasteiger partial charge >= 0.3 is 0 Å². The van der Waals surface area contributed by atoms with Crippen molar-refractivity contribution >= 4 is 77.2 Å². The van der Waals surface area contributed by atoms with E-state index in [9.17, 15) is 0 Å². The Hall–Kier alpha value is -4.57. The van der Waals surface area contributed by atoms with Crippen LogP contribution in [0.5, 0.6) is 0 Å². The first kappa shape index (κ1) is 46.2. The number of halogens is 1. The smallest absolute Gasteiger partial charge is 0.0493 e. The molecule has 3 aliphatic rings. The molecule has 2 nitrogen and oxygen atoms in total. The fourth-order valence-electron chi connectivity index (χ4n) is 12.3. The summed E-state index contributed by atoms with van der Waals surface area (Å²) in [6, 6.07) is 38.1. The maximum atomic E-state index is 6.91. The molecule has 3 aliphatic carbocycles. The summed E-state index contributed by atoms with van der Waals surface area (Å²) >= 11 is 8.86. The standard InChI is InChI=1S/C63H73ClN2S/c1-38-27-44(65(42-18-16-17-41(64)31-42)54-35-51-48(29-39(54)2)58(4,5)21-24-61(51,10)11)32-45(28-38)66(55-36-52-49(30-40(55)3)59(6,7)22-25-62(52,12)13)43-19-20-56-46(33-43)47-34-50-53(37-57(47)67-56)63(14,15)26-23-60(50,8)9/h16-20,27-37H,21-26H2,1-15H3. The van der Waals surface area contributed by atoms with E-state index in [0.717, 1.165) is 34.9 Å². The monoisotopic (exact) mass is 925 g/mol. The zero-order valence-electron chi connectivity index (χ0n) is 43.2. The van der Waals surface area contributed by atoms with Gasteiger partial charge in [0, 0.05) is 59.3 Å². The summed E-state index contributed by atoms with van der Waals surface area (Å²) in [6.07, 6.45) is 7.11. The molecule has 0 amide bonds. The van der Waals surface area contributed by atoms with Crippen LogP contribution in [0.3, 0.4) is 0 Å². The predicted molar refractivity (Wildman–Crippen MR) is 294 cm³/mol. The Morgan fingerprint density at radius 2 is 0.791 bits per heavy atom. The van der Waals surface area contributed by atoms with E-state index in [1.54, 1.807) is 0 Å². The van der Waals surface area contributed by atoms with Gasteiger partial charge in [-0.2, -0.15) is 0 Å². The van der Waals surface area contributed by atoms with Crippen LogP contribution in [0.25, 0.3) is 20.2 Å². The van der Waals surface area contributed by atoms with Crippen molar-refractivity contribution in [3.63, 3.8) is 0 Å². The van der Waals surface area contributed by atoms with Crippen molar-refractivity contribution in [3.05, 3.63) is 152 Å². The molecule has 0 aliphatic heterocycles. The van der Waals surface area contributed by atoms with Crippen LogP contribution in [-0.4, -0.2) is 0 Å². The molecule has 7 aromatic rings. The minimum Gasteiger partial charge on any atom is -0.310 e. The minimum absolute atomic E-state index is 0.0552. The Bertz CT molecular complexity index is 3150. The Labute approximate surface area is 411 Å². The van der Waals surface area contributed by atoms with Crippen LogP contribution < -0.4 is 9.80 Å². The summed E-state index contributed by atoms with van der Waals surface area (Å²) in [5.74, 6) is 0. The van der Waals surface area contributed by atoms with E-state index < -0.39 is 0 Å². The third-order valence-electron chi connectivity index (χ3n) is 17.1. The van der Waals surface area contributed by atoms with Crippen LogP contribution in [-0.2, 0) is 32.5 Å². The maximum absolute atomic E-state index is 6.91. The van der Waals surface area contributed by atoms with Gasteiger partial charge in [-0.15, -0.1) is 11.3 Å². The molecule has 6 aromatic carbocycles. The number of thiophene rings is 1. The van der Waals surface area contributed by atoms with Gasteiger partial charge < -0.3 is 9.80 Å². The zero-order valence-corrected chi connectivity index (χ0v) is 44.7.